The van der Waals surface area contributed by atoms with Crippen LogP contribution >= 0.6 is 22.9 Å². The molecule has 3 nitrogen and oxygen atoms in total. The number of aryl methyl sites for hydroxylation is 1. The zero-order chi connectivity index (χ0) is 13.7. The molecule has 1 amide bonds. The van der Waals surface area contributed by atoms with Gasteiger partial charge in [-0.2, -0.15) is 0 Å². The second-order valence-electron chi connectivity index (χ2n) is 4.19. The van der Waals surface area contributed by atoms with Crippen molar-refractivity contribution in [2.45, 2.75) is 19.2 Å². The van der Waals surface area contributed by atoms with Crippen molar-refractivity contribution in [3.63, 3.8) is 0 Å². The molecular weight excluding hydrogens is 280 g/mol. The Labute approximate surface area is 121 Å². The van der Waals surface area contributed by atoms with Crippen molar-refractivity contribution in [2.24, 2.45) is 0 Å². The third-order valence-electron chi connectivity index (χ3n) is 2.70. The maximum atomic E-state index is 11.9. The van der Waals surface area contributed by atoms with Gasteiger partial charge in [-0.15, -0.1) is 22.9 Å². The van der Waals surface area contributed by atoms with Crippen molar-refractivity contribution < 1.29 is 4.79 Å². The van der Waals surface area contributed by atoms with Crippen molar-refractivity contribution in [2.75, 3.05) is 6.54 Å². The van der Waals surface area contributed by atoms with Crippen LogP contribution in [0.4, 0.5) is 0 Å². The van der Waals surface area contributed by atoms with Crippen molar-refractivity contribution >= 4 is 28.8 Å². The van der Waals surface area contributed by atoms with Crippen LogP contribution in [0.1, 0.15) is 26.6 Å². The van der Waals surface area contributed by atoms with Gasteiger partial charge in [0, 0.05) is 29.8 Å². The van der Waals surface area contributed by atoms with Crippen molar-refractivity contribution in [3.05, 3.63) is 51.5 Å². The first-order valence-corrected chi connectivity index (χ1v) is 7.44. The van der Waals surface area contributed by atoms with Crippen LogP contribution in [0, 0.1) is 6.92 Å². The molecule has 0 atom stereocenters. The summed E-state index contributed by atoms with van der Waals surface area (Å²) in [6, 6.07) is 7.32. The molecule has 0 bridgehead atoms. The van der Waals surface area contributed by atoms with E-state index in [4.69, 9.17) is 11.6 Å². The number of aromatic nitrogens is 1. The third-order valence-corrected chi connectivity index (χ3v) is 3.83. The van der Waals surface area contributed by atoms with E-state index < -0.39 is 0 Å². The van der Waals surface area contributed by atoms with Gasteiger partial charge in [0.15, 0.2) is 0 Å². The Bertz CT molecular complexity index is 551. The molecule has 0 aliphatic heterocycles. The van der Waals surface area contributed by atoms with Crippen molar-refractivity contribution in [3.8, 4) is 0 Å². The maximum absolute atomic E-state index is 11.9. The minimum absolute atomic E-state index is 0.0620. The summed E-state index contributed by atoms with van der Waals surface area (Å²) in [7, 11) is 0. The summed E-state index contributed by atoms with van der Waals surface area (Å²) >= 11 is 7.33. The standard InChI is InChI=1S/C14H15ClN2OS/c1-10-17-13(9-19-10)6-7-16-14(18)12-4-2-11(8-15)3-5-12/h2-5,9H,6-8H2,1H3,(H,16,18). The van der Waals surface area contributed by atoms with E-state index in [0.717, 1.165) is 22.7 Å². The van der Waals surface area contributed by atoms with Crippen LogP contribution in [0.5, 0.6) is 0 Å². The van der Waals surface area contributed by atoms with Gasteiger partial charge >= 0.3 is 0 Å². The predicted octanol–water partition coefficient (Wildman–Crippen LogP) is 3.16. The molecule has 2 rings (SSSR count). The molecule has 1 heterocycles. The SMILES string of the molecule is Cc1nc(CCNC(=O)c2ccc(CCl)cc2)cs1. The molecule has 100 valence electrons. The zero-order valence-corrected chi connectivity index (χ0v) is 12.2. The number of carbonyl (C=O) groups is 1. The van der Waals surface area contributed by atoms with Gasteiger partial charge in [-0.25, -0.2) is 4.98 Å². The molecular formula is C14H15ClN2OS. The second-order valence-corrected chi connectivity index (χ2v) is 5.52. The smallest absolute Gasteiger partial charge is 0.251 e. The fourth-order valence-corrected chi connectivity index (χ4v) is 2.50. The Balaban J connectivity index is 1.83. The predicted molar refractivity (Wildman–Crippen MR) is 78.9 cm³/mol. The molecule has 1 aromatic carbocycles. The third kappa shape index (κ3) is 4.04. The van der Waals surface area contributed by atoms with Gasteiger partial charge in [-0.05, 0) is 24.6 Å². The number of halogens is 1. The van der Waals surface area contributed by atoms with Gasteiger partial charge in [-0.3, -0.25) is 4.79 Å². The summed E-state index contributed by atoms with van der Waals surface area (Å²) in [6.45, 7) is 2.57. The molecule has 0 aliphatic rings. The minimum atomic E-state index is -0.0620. The van der Waals surface area contributed by atoms with E-state index in [1.165, 1.54) is 0 Å². The highest BCUT2D eigenvalue weighted by molar-refractivity contribution is 7.09. The van der Waals surface area contributed by atoms with E-state index in [1.54, 1.807) is 23.5 Å². The molecule has 0 unspecified atom stereocenters. The second kappa shape index (κ2) is 6.68. The Kier molecular flexibility index (Phi) is 4.93. The van der Waals surface area contributed by atoms with Crippen LogP contribution in [0.3, 0.4) is 0 Å². The van der Waals surface area contributed by atoms with Gasteiger partial charge in [0.05, 0.1) is 10.7 Å². The number of thiazole rings is 1. The Hall–Kier alpha value is -1.39. The maximum Gasteiger partial charge on any atom is 0.251 e. The largest absolute Gasteiger partial charge is 0.352 e. The molecule has 0 saturated carbocycles. The number of rotatable bonds is 5. The minimum Gasteiger partial charge on any atom is -0.352 e. The number of alkyl halides is 1. The van der Waals surface area contributed by atoms with Crippen LogP contribution in [-0.2, 0) is 12.3 Å². The summed E-state index contributed by atoms with van der Waals surface area (Å²) in [5.74, 6) is 0.401. The molecule has 2 aromatic rings. The van der Waals surface area contributed by atoms with E-state index >= 15 is 0 Å². The summed E-state index contributed by atoms with van der Waals surface area (Å²) in [4.78, 5) is 16.2. The normalized spacial score (nSPS) is 10.4. The highest BCUT2D eigenvalue weighted by Gasteiger charge is 2.05. The molecule has 1 aromatic heterocycles. The molecule has 0 spiro atoms. The number of carbonyl (C=O) groups excluding carboxylic acids is 1. The molecule has 1 N–H and O–H groups in total. The van der Waals surface area contributed by atoms with Crippen LogP contribution in [0.2, 0.25) is 0 Å². The van der Waals surface area contributed by atoms with Crippen LogP contribution in [0.25, 0.3) is 0 Å². The van der Waals surface area contributed by atoms with E-state index in [1.807, 2.05) is 24.4 Å². The molecule has 19 heavy (non-hydrogen) atoms. The fraction of sp³-hybridized carbons (Fsp3) is 0.286. The van der Waals surface area contributed by atoms with E-state index in [0.29, 0.717) is 18.0 Å². The van der Waals surface area contributed by atoms with Gasteiger partial charge in [0.1, 0.15) is 0 Å². The lowest BCUT2D eigenvalue weighted by Crippen LogP contribution is -2.25. The number of amides is 1. The molecule has 5 heteroatoms. The average Bonchev–Trinajstić information content (AvgIpc) is 2.84. The first kappa shape index (κ1) is 14.0. The summed E-state index contributed by atoms with van der Waals surface area (Å²) in [5.41, 5.74) is 2.69. The topological polar surface area (TPSA) is 42.0 Å². The lowest BCUT2D eigenvalue weighted by Gasteiger charge is -2.04. The van der Waals surface area contributed by atoms with Gasteiger partial charge in [0.2, 0.25) is 0 Å². The highest BCUT2D eigenvalue weighted by atomic mass is 35.5. The molecule has 0 radical (unpaired) electrons. The summed E-state index contributed by atoms with van der Waals surface area (Å²) < 4.78 is 0. The van der Waals surface area contributed by atoms with Crippen molar-refractivity contribution in [1.82, 2.24) is 10.3 Å². The van der Waals surface area contributed by atoms with Gasteiger partial charge < -0.3 is 5.32 Å². The molecule has 0 saturated heterocycles. The lowest BCUT2D eigenvalue weighted by molar-refractivity contribution is 0.0954. The quantitative estimate of drug-likeness (QED) is 0.861. The average molecular weight is 295 g/mol. The van der Waals surface area contributed by atoms with Crippen LogP contribution in [0.15, 0.2) is 29.6 Å². The van der Waals surface area contributed by atoms with Crippen molar-refractivity contribution in [1.29, 1.82) is 0 Å². The Morgan fingerprint density at radius 2 is 2.11 bits per heavy atom. The zero-order valence-electron chi connectivity index (χ0n) is 10.6. The van der Waals surface area contributed by atoms with E-state index in [9.17, 15) is 4.79 Å². The lowest BCUT2D eigenvalue weighted by atomic mass is 10.1. The number of benzene rings is 1. The number of hydrogen-bond acceptors (Lipinski definition) is 3. The monoisotopic (exact) mass is 294 g/mol. The Morgan fingerprint density at radius 1 is 1.37 bits per heavy atom. The number of nitrogens with one attached hydrogen (secondary N) is 1. The summed E-state index contributed by atoms with van der Waals surface area (Å²) in [6.07, 6.45) is 0.760. The first-order chi connectivity index (χ1) is 9.19. The molecule has 0 aliphatic carbocycles. The van der Waals surface area contributed by atoms with Crippen LogP contribution in [-0.4, -0.2) is 17.4 Å². The van der Waals surface area contributed by atoms with E-state index in [2.05, 4.69) is 10.3 Å². The van der Waals surface area contributed by atoms with E-state index in [-0.39, 0.29) is 5.91 Å². The van der Waals surface area contributed by atoms with Gasteiger partial charge in [0.25, 0.3) is 5.91 Å². The number of hydrogen-bond donors (Lipinski definition) is 1. The Morgan fingerprint density at radius 3 is 2.68 bits per heavy atom. The van der Waals surface area contributed by atoms with Crippen LogP contribution < -0.4 is 5.32 Å². The summed E-state index contributed by atoms with van der Waals surface area (Å²) in [5, 5.41) is 5.97. The fourth-order valence-electron chi connectivity index (χ4n) is 1.67. The molecule has 0 fully saturated rings. The first-order valence-electron chi connectivity index (χ1n) is 6.03. The van der Waals surface area contributed by atoms with Gasteiger partial charge in [-0.1, -0.05) is 12.1 Å². The highest BCUT2D eigenvalue weighted by Crippen LogP contribution is 2.09. The number of nitrogens with zero attached hydrogens (tertiary/aromatic N) is 1.